The minimum Gasteiger partial charge on any atom is -0.395 e. The standard InChI is InChI=1S/C13H20N4O2/c1-11-10-12(2-3-14-11)15-13(19)17-6-4-16(5-7-17)8-9-18/h2-3,10,18H,4-9H2,1H3,(H,14,15,19). The number of nitrogens with zero attached hydrogens (tertiary/aromatic N) is 3. The highest BCUT2D eigenvalue weighted by Gasteiger charge is 2.20. The van der Waals surface area contributed by atoms with E-state index in [0.29, 0.717) is 19.6 Å². The molecule has 0 radical (unpaired) electrons. The molecule has 1 aliphatic rings. The Bertz CT molecular complexity index is 430. The van der Waals surface area contributed by atoms with Gasteiger partial charge in [-0.3, -0.25) is 9.88 Å². The van der Waals surface area contributed by atoms with Crippen molar-refractivity contribution in [2.45, 2.75) is 6.92 Å². The quantitative estimate of drug-likeness (QED) is 0.835. The summed E-state index contributed by atoms with van der Waals surface area (Å²) in [5, 5.41) is 11.8. The predicted octanol–water partition coefficient (Wildman–Crippen LogP) is 0.532. The monoisotopic (exact) mass is 264 g/mol. The van der Waals surface area contributed by atoms with E-state index in [4.69, 9.17) is 5.11 Å². The molecule has 0 aromatic carbocycles. The van der Waals surface area contributed by atoms with Crippen LogP contribution in [0, 0.1) is 6.92 Å². The third-order valence-corrected chi connectivity index (χ3v) is 3.22. The third kappa shape index (κ3) is 3.90. The van der Waals surface area contributed by atoms with Gasteiger partial charge >= 0.3 is 6.03 Å². The minimum atomic E-state index is -0.0748. The first-order chi connectivity index (χ1) is 9.19. The van der Waals surface area contributed by atoms with Gasteiger partial charge in [0.1, 0.15) is 0 Å². The molecule has 2 N–H and O–H groups in total. The summed E-state index contributed by atoms with van der Waals surface area (Å²) in [4.78, 5) is 20.1. The number of rotatable bonds is 3. The van der Waals surface area contributed by atoms with E-state index in [2.05, 4.69) is 15.2 Å². The van der Waals surface area contributed by atoms with Crippen LogP contribution in [0.1, 0.15) is 5.69 Å². The fourth-order valence-electron chi connectivity index (χ4n) is 2.14. The Morgan fingerprint density at radius 1 is 1.42 bits per heavy atom. The second kappa shape index (κ2) is 6.49. The van der Waals surface area contributed by atoms with Crippen LogP contribution in [0.25, 0.3) is 0 Å². The van der Waals surface area contributed by atoms with Crippen LogP contribution in [0.3, 0.4) is 0 Å². The average Bonchev–Trinajstić information content (AvgIpc) is 2.40. The predicted molar refractivity (Wildman–Crippen MR) is 73.1 cm³/mol. The lowest BCUT2D eigenvalue weighted by Crippen LogP contribution is -2.50. The maximum Gasteiger partial charge on any atom is 0.321 e. The summed E-state index contributed by atoms with van der Waals surface area (Å²) < 4.78 is 0. The van der Waals surface area contributed by atoms with Crippen molar-refractivity contribution < 1.29 is 9.90 Å². The van der Waals surface area contributed by atoms with Crippen LogP contribution >= 0.6 is 0 Å². The number of aliphatic hydroxyl groups excluding tert-OH is 1. The summed E-state index contributed by atoms with van der Waals surface area (Å²) in [5.41, 5.74) is 1.65. The number of nitrogens with one attached hydrogen (secondary N) is 1. The molecule has 104 valence electrons. The number of pyridine rings is 1. The second-order valence-electron chi connectivity index (χ2n) is 4.67. The first-order valence-corrected chi connectivity index (χ1v) is 6.51. The summed E-state index contributed by atoms with van der Waals surface area (Å²) in [6, 6.07) is 3.56. The molecule has 0 bridgehead atoms. The van der Waals surface area contributed by atoms with Crippen LogP contribution < -0.4 is 5.32 Å². The molecule has 0 spiro atoms. The Morgan fingerprint density at radius 3 is 2.79 bits per heavy atom. The van der Waals surface area contributed by atoms with E-state index < -0.39 is 0 Å². The van der Waals surface area contributed by atoms with Gasteiger partial charge < -0.3 is 15.3 Å². The zero-order valence-corrected chi connectivity index (χ0v) is 11.2. The fourth-order valence-corrected chi connectivity index (χ4v) is 2.14. The van der Waals surface area contributed by atoms with Crippen LogP contribution in [-0.4, -0.2) is 65.3 Å². The van der Waals surface area contributed by atoms with Gasteiger partial charge in [-0.15, -0.1) is 0 Å². The van der Waals surface area contributed by atoms with Crippen molar-refractivity contribution in [3.05, 3.63) is 24.0 Å². The van der Waals surface area contributed by atoms with Crippen molar-refractivity contribution in [2.24, 2.45) is 0 Å². The molecule has 6 nitrogen and oxygen atoms in total. The molecular weight excluding hydrogens is 244 g/mol. The molecule has 1 saturated heterocycles. The molecule has 0 saturated carbocycles. The Kier molecular flexibility index (Phi) is 4.70. The van der Waals surface area contributed by atoms with Crippen LogP contribution in [0.5, 0.6) is 0 Å². The lowest BCUT2D eigenvalue weighted by Gasteiger charge is -2.34. The van der Waals surface area contributed by atoms with E-state index in [1.54, 1.807) is 17.2 Å². The summed E-state index contributed by atoms with van der Waals surface area (Å²) in [6.07, 6.45) is 1.68. The number of anilines is 1. The Balaban J connectivity index is 1.84. The van der Waals surface area contributed by atoms with Gasteiger partial charge in [-0.05, 0) is 19.1 Å². The number of piperazine rings is 1. The molecule has 2 rings (SSSR count). The lowest BCUT2D eigenvalue weighted by atomic mass is 10.3. The fraction of sp³-hybridized carbons (Fsp3) is 0.538. The summed E-state index contributed by atoms with van der Waals surface area (Å²) >= 11 is 0. The summed E-state index contributed by atoms with van der Waals surface area (Å²) in [7, 11) is 0. The molecular formula is C13H20N4O2. The molecule has 0 atom stereocenters. The molecule has 1 aromatic rings. The van der Waals surface area contributed by atoms with Crippen LogP contribution in [0.4, 0.5) is 10.5 Å². The highest BCUT2D eigenvalue weighted by atomic mass is 16.3. The smallest absolute Gasteiger partial charge is 0.321 e. The maximum absolute atomic E-state index is 12.1. The van der Waals surface area contributed by atoms with Gasteiger partial charge in [0.2, 0.25) is 0 Å². The number of amides is 2. The van der Waals surface area contributed by atoms with Gasteiger partial charge in [0.15, 0.2) is 0 Å². The third-order valence-electron chi connectivity index (χ3n) is 3.22. The van der Waals surface area contributed by atoms with Gasteiger partial charge in [-0.2, -0.15) is 0 Å². The number of hydrogen-bond acceptors (Lipinski definition) is 4. The van der Waals surface area contributed by atoms with E-state index >= 15 is 0 Å². The normalized spacial score (nSPS) is 16.4. The highest BCUT2D eigenvalue weighted by Crippen LogP contribution is 2.09. The van der Waals surface area contributed by atoms with Crippen molar-refractivity contribution in [3.63, 3.8) is 0 Å². The van der Waals surface area contributed by atoms with Gasteiger partial charge in [0, 0.05) is 50.3 Å². The van der Waals surface area contributed by atoms with Gasteiger partial charge in [0.25, 0.3) is 0 Å². The van der Waals surface area contributed by atoms with E-state index in [0.717, 1.165) is 24.5 Å². The van der Waals surface area contributed by atoms with Crippen molar-refractivity contribution in [2.75, 3.05) is 44.6 Å². The Hall–Kier alpha value is -1.66. The molecule has 1 aliphatic heterocycles. The van der Waals surface area contributed by atoms with E-state index in [1.165, 1.54) is 0 Å². The van der Waals surface area contributed by atoms with Crippen LogP contribution in [0.15, 0.2) is 18.3 Å². The summed E-state index contributed by atoms with van der Waals surface area (Å²) in [5.74, 6) is 0. The van der Waals surface area contributed by atoms with Crippen molar-refractivity contribution in [3.8, 4) is 0 Å². The van der Waals surface area contributed by atoms with Crippen molar-refractivity contribution in [1.82, 2.24) is 14.8 Å². The molecule has 0 unspecified atom stereocenters. The molecule has 0 aliphatic carbocycles. The first-order valence-electron chi connectivity index (χ1n) is 6.51. The lowest BCUT2D eigenvalue weighted by molar-refractivity contribution is 0.127. The largest absolute Gasteiger partial charge is 0.395 e. The zero-order chi connectivity index (χ0) is 13.7. The summed E-state index contributed by atoms with van der Waals surface area (Å²) in [6.45, 7) is 5.74. The highest BCUT2D eigenvalue weighted by molar-refractivity contribution is 5.89. The minimum absolute atomic E-state index is 0.0748. The molecule has 2 amide bonds. The SMILES string of the molecule is Cc1cc(NC(=O)N2CCN(CCO)CC2)ccn1. The molecule has 2 heterocycles. The number of carbonyl (C=O) groups is 1. The van der Waals surface area contributed by atoms with Gasteiger partial charge in [0.05, 0.1) is 6.61 Å². The molecule has 1 fully saturated rings. The molecule has 1 aromatic heterocycles. The van der Waals surface area contributed by atoms with E-state index in [9.17, 15) is 4.79 Å². The van der Waals surface area contributed by atoms with Crippen LogP contribution in [-0.2, 0) is 0 Å². The number of aryl methyl sites for hydroxylation is 1. The zero-order valence-electron chi connectivity index (χ0n) is 11.2. The van der Waals surface area contributed by atoms with E-state index in [1.807, 2.05) is 13.0 Å². The Morgan fingerprint density at radius 2 is 2.16 bits per heavy atom. The molecule has 6 heteroatoms. The van der Waals surface area contributed by atoms with Gasteiger partial charge in [-0.25, -0.2) is 4.79 Å². The number of carbonyl (C=O) groups excluding carboxylic acids is 1. The van der Waals surface area contributed by atoms with Crippen molar-refractivity contribution >= 4 is 11.7 Å². The first kappa shape index (κ1) is 13.8. The maximum atomic E-state index is 12.1. The van der Waals surface area contributed by atoms with E-state index in [-0.39, 0.29) is 12.6 Å². The number of β-amino-alcohol motifs (C(OH)–C–C–N with tert-alkyl or cyclic N) is 1. The topological polar surface area (TPSA) is 68.7 Å². The number of aromatic nitrogens is 1. The van der Waals surface area contributed by atoms with Crippen LogP contribution in [0.2, 0.25) is 0 Å². The average molecular weight is 264 g/mol. The Labute approximate surface area is 113 Å². The molecule has 19 heavy (non-hydrogen) atoms. The van der Waals surface area contributed by atoms with Gasteiger partial charge in [-0.1, -0.05) is 0 Å². The number of hydrogen-bond donors (Lipinski definition) is 2. The van der Waals surface area contributed by atoms with Crippen molar-refractivity contribution in [1.29, 1.82) is 0 Å². The second-order valence-corrected chi connectivity index (χ2v) is 4.67. The number of urea groups is 1. The number of aliphatic hydroxyl groups is 1.